The molecule has 0 saturated heterocycles. The van der Waals surface area contributed by atoms with Crippen molar-refractivity contribution in [3.05, 3.63) is 90.5 Å². The molecule has 0 aliphatic heterocycles. The van der Waals surface area contributed by atoms with Crippen LogP contribution in [0.3, 0.4) is 0 Å². The van der Waals surface area contributed by atoms with Crippen LogP contribution in [-0.2, 0) is 6.42 Å². The van der Waals surface area contributed by atoms with Crippen LogP contribution in [0.1, 0.15) is 17.2 Å². The highest BCUT2D eigenvalue weighted by Crippen LogP contribution is 2.38. The first kappa shape index (κ1) is 17.7. The van der Waals surface area contributed by atoms with Crippen LogP contribution >= 0.6 is 11.3 Å². The summed E-state index contributed by atoms with van der Waals surface area (Å²) in [5.41, 5.74) is 3.04. The zero-order chi connectivity index (χ0) is 19.6. The van der Waals surface area contributed by atoms with Gasteiger partial charge in [0.05, 0.1) is 11.0 Å². The van der Waals surface area contributed by atoms with Gasteiger partial charge in [-0.05, 0) is 51.7 Å². The molecule has 2 aromatic carbocycles. The number of thiophene rings is 1. The molecule has 5 rings (SSSR count). The van der Waals surface area contributed by atoms with E-state index >= 15 is 0 Å². The number of nitrogens with zero attached hydrogens (tertiary/aromatic N) is 3. The third-order valence-electron chi connectivity index (χ3n) is 4.98. The number of benzene rings is 2. The number of pyridine rings is 1. The number of aliphatic hydroxyl groups is 1. The molecular formula is C23H18N4OS. The predicted molar refractivity (Wildman–Crippen MR) is 116 cm³/mol. The van der Waals surface area contributed by atoms with Crippen molar-refractivity contribution in [1.29, 1.82) is 0 Å². The number of rotatable bonds is 5. The molecule has 3 heterocycles. The minimum absolute atomic E-state index is 0.496. The van der Waals surface area contributed by atoms with Crippen molar-refractivity contribution in [2.75, 3.05) is 0 Å². The molecule has 6 heteroatoms. The van der Waals surface area contributed by atoms with E-state index in [0.29, 0.717) is 6.42 Å². The topological polar surface area (TPSA) is 74.7 Å². The van der Waals surface area contributed by atoms with Gasteiger partial charge in [0.15, 0.2) is 5.82 Å². The van der Waals surface area contributed by atoms with E-state index in [1.165, 1.54) is 11.7 Å². The van der Waals surface area contributed by atoms with E-state index in [1.807, 2.05) is 30.3 Å². The largest absolute Gasteiger partial charge is 0.388 e. The Morgan fingerprint density at radius 1 is 0.966 bits per heavy atom. The second-order valence-corrected chi connectivity index (χ2v) is 7.91. The lowest BCUT2D eigenvalue weighted by Crippen LogP contribution is -2.02. The molecule has 0 aliphatic carbocycles. The van der Waals surface area contributed by atoms with Gasteiger partial charge in [-0.1, -0.05) is 36.4 Å². The number of nitrogens with one attached hydrogen (secondary N) is 1. The van der Waals surface area contributed by atoms with Crippen LogP contribution in [0.15, 0.2) is 79.4 Å². The highest BCUT2D eigenvalue weighted by molar-refractivity contribution is 7.19. The van der Waals surface area contributed by atoms with E-state index in [2.05, 4.69) is 50.5 Å². The summed E-state index contributed by atoms with van der Waals surface area (Å²) in [5.74, 6) is 0.719. The Labute approximate surface area is 171 Å². The molecule has 2 N–H and O–H groups in total. The summed E-state index contributed by atoms with van der Waals surface area (Å²) in [5, 5.41) is 20.2. The fourth-order valence-corrected chi connectivity index (χ4v) is 4.64. The average Bonchev–Trinajstić information content (AvgIpc) is 3.44. The first-order chi connectivity index (χ1) is 14.3. The summed E-state index contributed by atoms with van der Waals surface area (Å²) < 4.78 is 0. The Morgan fingerprint density at radius 2 is 1.79 bits per heavy atom. The third-order valence-corrected chi connectivity index (χ3v) is 6.21. The quantitative estimate of drug-likeness (QED) is 0.436. The van der Waals surface area contributed by atoms with Gasteiger partial charge < -0.3 is 5.11 Å². The summed E-state index contributed by atoms with van der Waals surface area (Å²) in [7, 11) is 0. The smallest absolute Gasteiger partial charge is 0.165 e. The van der Waals surface area contributed by atoms with Crippen LogP contribution in [0.2, 0.25) is 0 Å². The second-order valence-electron chi connectivity index (χ2n) is 6.86. The van der Waals surface area contributed by atoms with Gasteiger partial charge in [0.2, 0.25) is 0 Å². The molecule has 0 saturated carbocycles. The van der Waals surface area contributed by atoms with Crippen molar-refractivity contribution in [1.82, 2.24) is 20.2 Å². The zero-order valence-electron chi connectivity index (χ0n) is 15.5. The van der Waals surface area contributed by atoms with Crippen molar-refractivity contribution in [2.24, 2.45) is 0 Å². The fourth-order valence-electron chi connectivity index (χ4n) is 3.50. The first-order valence-corrected chi connectivity index (χ1v) is 10.2. The van der Waals surface area contributed by atoms with E-state index in [-0.39, 0.29) is 0 Å². The zero-order valence-corrected chi connectivity index (χ0v) is 16.3. The van der Waals surface area contributed by atoms with Crippen LogP contribution in [-0.4, -0.2) is 25.3 Å². The van der Waals surface area contributed by atoms with Crippen molar-refractivity contribution in [2.45, 2.75) is 12.5 Å². The van der Waals surface area contributed by atoms with Gasteiger partial charge in [0.1, 0.15) is 6.33 Å². The van der Waals surface area contributed by atoms with Crippen LogP contribution < -0.4 is 0 Å². The molecule has 29 heavy (non-hydrogen) atoms. The molecule has 1 atom stereocenters. The molecule has 5 aromatic rings. The number of hydrogen-bond donors (Lipinski definition) is 2. The lowest BCUT2D eigenvalue weighted by Gasteiger charge is -2.12. The van der Waals surface area contributed by atoms with Crippen LogP contribution in [0.25, 0.3) is 31.9 Å². The highest BCUT2D eigenvalue weighted by atomic mass is 32.1. The van der Waals surface area contributed by atoms with Crippen molar-refractivity contribution >= 4 is 22.1 Å². The molecule has 0 aliphatic rings. The normalized spacial score (nSPS) is 12.3. The minimum atomic E-state index is -0.610. The Morgan fingerprint density at radius 3 is 2.59 bits per heavy atom. The van der Waals surface area contributed by atoms with Gasteiger partial charge in [0.25, 0.3) is 0 Å². The maximum atomic E-state index is 11.0. The lowest BCUT2D eigenvalue weighted by molar-refractivity contribution is 0.179. The molecule has 1 unspecified atom stereocenters. The summed E-state index contributed by atoms with van der Waals surface area (Å²) in [4.78, 5) is 10.5. The van der Waals surface area contributed by atoms with Crippen LogP contribution in [0.4, 0.5) is 0 Å². The van der Waals surface area contributed by atoms with Crippen molar-refractivity contribution < 1.29 is 5.11 Å². The summed E-state index contributed by atoms with van der Waals surface area (Å²) >= 11 is 1.64. The lowest BCUT2D eigenvalue weighted by atomic mass is 9.98. The van der Waals surface area contributed by atoms with Gasteiger partial charge in [-0.3, -0.25) is 10.1 Å². The summed E-state index contributed by atoms with van der Waals surface area (Å²) in [6.07, 6.45) is 4.96. The standard InChI is InChI=1S/C23H18N4OS/c28-20(18-6-5-15-3-1-2-4-17(15)11-18)12-19-13-21(16-7-9-24-10-8-16)29-22(19)23-25-14-26-27-23/h1-11,13-14,20,28H,12H2,(H,25,26,27). The molecule has 3 aromatic heterocycles. The van der Waals surface area contributed by atoms with E-state index < -0.39 is 6.10 Å². The number of aliphatic hydroxyl groups excluding tert-OH is 1. The van der Waals surface area contributed by atoms with Gasteiger partial charge >= 0.3 is 0 Å². The first-order valence-electron chi connectivity index (χ1n) is 9.33. The highest BCUT2D eigenvalue weighted by Gasteiger charge is 2.18. The number of hydrogen-bond acceptors (Lipinski definition) is 5. The van der Waals surface area contributed by atoms with E-state index in [4.69, 9.17) is 0 Å². The molecule has 5 nitrogen and oxygen atoms in total. The summed E-state index contributed by atoms with van der Waals surface area (Å²) in [6.45, 7) is 0. The number of aromatic amines is 1. The molecule has 0 fully saturated rings. The number of H-pyrrole nitrogens is 1. The molecule has 142 valence electrons. The maximum absolute atomic E-state index is 11.0. The van der Waals surface area contributed by atoms with Gasteiger partial charge in [0, 0.05) is 23.7 Å². The summed E-state index contributed by atoms with van der Waals surface area (Å²) in [6, 6.07) is 20.4. The predicted octanol–water partition coefficient (Wildman–Crippen LogP) is 5.02. The van der Waals surface area contributed by atoms with Gasteiger partial charge in [-0.2, -0.15) is 5.10 Å². The monoisotopic (exact) mass is 398 g/mol. The fraction of sp³-hybridized carbons (Fsp3) is 0.0870. The van der Waals surface area contributed by atoms with Crippen molar-refractivity contribution in [3.8, 4) is 21.1 Å². The van der Waals surface area contributed by atoms with Gasteiger partial charge in [-0.25, -0.2) is 4.98 Å². The van der Waals surface area contributed by atoms with Crippen molar-refractivity contribution in [3.63, 3.8) is 0 Å². The van der Waals surface area contributed by atoms with Gasteiger partial charge in [-0.15, -0.1) is 11.3 Å². The third kappa shape index (κ3) is 3.55. The van der Waals surface area contributed by atoms with Crippen LogP contribution in [0, 0.1) is 0 Å². The molecule has 0 bridgehead atoms. The second kappa shape index (κ2) is 7.58. The van der Waals surface area contributed by atoms with Crippen LogP contribution in [0.5, 0.6) is 0 Å². The average molecular weight is 398 g/mol. The Kier molecular flexibility index (Phi) is 4.63. The molecular weight excluding hydrogens is 380 g/mol. The molecule has 0 spiro atoms. The Bertz CT molecular complexity index is 1250. The number of fused-ring (bicyclic) bond motifs is 1. The Hall–Kier alpha value is -3.35. The number of aromatic nitrogens is 4. The molecule has 0 radical (unpaired) electrons. The van der Waals surface area contributed by atoms with E-state index in [0.717, 1.165) is 37.7 Å². The SMILES string of the molecule is OC(Cc1cc(-c2ccncc2)sc1-c1ncn[nH]1)c1ccc2ccccc2c1. The Balaban J connectivity index is 1.51. The van der Waals surface area contributed by atoms with E-state index in [9.17, 15) is 5.11 Å². The maximum Gasteiger partial charge on any atom is 0.165 e. The molecule has 0 amide bonds. The van der Waals surface area contributed by atoms with E-state index in [1.54, 1.807) is 23.7 Å². The minimum Gasteiger partial charge on any atom is -0.388 e.